The van der Waals surface area contributed by atoms with E-state index in [1.54, 1.807) is 11.4 Å². The van der Waals surface area contributed by atoms with Crippen molar-refractivity contribution in [2.24, 2.45) is 0 Å². The van der Waals surface area contributed by atoms with Gasteiger partial charge in [0.05, 0.1) is 0 Å². The Morgan fingerprint density at radius 2 is 2.18 bits per heavy atom. The largest absolute Gasteiger partial charge is 0.274 e. The van der Waals surface area contributed by atoms with Crippen LogP contribution in [0.15, 0.2) is 32.4 Å². The summed E-state index contributed by atoms with van der Waals surface area (Å²) in [5, 5.41) is 1.83. The Balaban J connectivity index is 2.33. The van der Waals surface area contributed by atoms with Gasteiger partial charge < -0.3 is 0 Å². The molecule has 0 atom stereocenters. The third kappa shape index (κ3) is 2.95. The molecule has 0 amide bonds. The first-order valence-corrected chi connectivity index (χ1v) is 7.77. The van der Waals surface area contributed by atoms with E-state index in [1.807, 2.05) is 0 Å². The van der Waals surface area contributed by atoms with Crippen molar-refractivity contribution in [3.8, 4) is 0 Å². The molecule has 0 bridgehead atoms. The highest BCUT2D eigenvalue weighted by Crippen LogP contribution is 2.28. The van der Waals surface area contributed by atoms with Crippen LogP contribution in [0.25, 0.3) is 0 Å². The highest BCUT2D eigenvalue weighted by Gasteiger charge is 2.20. The summed E-state index contributed by atoms with van der Waals surface area (Å²) in [4.78, 5) is 7.52. The summed E-state index contributed by atoms with van der Waals surface area (Å²) in [5.74, 6) is -0.0576. The Bertz CT molecular complexity index is 644. The molecular weight excluding hydrogens is 350 g/mol. The summed E-state index contributed by atoms with van der Waals surface area (Å²) in [6.07, 6.45) is 1.37. The molecule has 0 aliphatic rings. The zero-order valence-electron chi connectivity index (χ0n) is 8.09. The fourth-order valence-electron chi connectivity index (χ4n) is 1.02. The molecular formula is C8H5BrClN3O2S2. The Kier molecular flexibility index (Phi) is 3.67. The van der Waals surface area contributed by atoms with Crippen LogP contribution in [0.5, 0.6) is 0 Å². The number of hydrogen-bond donors (Lipinski definition) is 1. The number of aromatic nitrogens is 2. The van der Waals surface area contributed by atoms with Crippen molar-refractivity contribution in [1.29, 1.82) is 0 Å². The van der Waals surface area contributed by atoms with Crippen molar-refractivity contribution in [3.05, 3.63) is 33.3 Å². The summed E-state index contributed by atoms with van der Waals surface area (Å²) in [5.41, 5.74) is 0. The van der Waals surface area contributed by atoms with Crippen molar-refractivity contribution in [3.63, 3.8) is 0 Å². The van der Waals surface area contributed by atoms with E-state index in [2.05, 4.69) is 30.6 Å². The Hall–Kier alpha value is -0.700. The van der Waals surface area contributed by atoms with E-state index in [1.165, 1.54) is 12.3 Å². The van der Waals surface area contributed by atoms with E-state index in [9.17, 15) is 8.42 Å². The van der Waals surface area contributed by atoms with Crippen LogP contribution in [0.2, 0.25) is 5.15 Å². The van der Waals surface area contributed by atoms with Gasteiger partial charge in [-0.15, -0.1) is 11.3 Å². The molecule has 0 unspecified atom stereocenters. The lowest BCUT2D eigenvalue weighted by Gasteiger charge is -2.04. The molecule has 17 heavy (non-hydrogen) atoms. The Morgan fingerprint density at radius 3 is 2.76 bits per heavy atom. The van der Waals surface area contributed by atoms with E-state index >= 15 is 0 Å². The molecule has 5 nitrogen and oxygen atoms in total. The Morgan fingerprint density at radius 1 is 1.41 bits per heavy atom. The molecule has 90 valence electrons. The summed E-state index contributed by atoms with van der Waals surface area (Å²) in [7, 11) is -3.68. The van der Waals surface area contributed by atoms with Crippen LogP contribution in [0.1, 0.15) is 0 Å². The predicted molar refractivity (Wildman–Crippen MR) is 69.9 cm³/mol. The summed E-state index contributed by atoms with van der Waals surface area (Å²) in [6, 6.07) is 3.11. The van der Waals surface area contributed by atoms with Crippen LogP contribution in [0.4, 0.5) is 5.95 Å². The number of rotatable bonds is 3. The minimum Gasteiger partial charge on any atom is -0.246 e. The molecule has 0 aliphatic carbocycles. The normalized spacial score (nSPS) is 11.4. The zero-order valence-corrected chi connectivity index (χ0v) is 12.1. The average molecular weight is 355 g/mol. The summed E-state index contributed by atoms with van der Waals surface area (Å²) >= 11 is 9.89. The second kappa shape index (κ2) is 4.89. The lowest BCUT2D eigenvalue weighted by molar-refractivity contribution is 0.602. The second-order valence-electron chi connectivity index (χ2n) is 2.86. The first-order valence-electron chi connectivity index (χ1n) is 4.23. The van der Waals surface area contributed by atoms with Crippen LogP contribution < -0.4 is 4.72 Å². The molecule has 9 heteroatoms. The molecule has 0 aromatic carbocycles. The van der Waals surface area contributed by atoms with Gasteiger partial charge in [0.2, 0.25) is 5.95 Å². The van der Waals surface area contributed by atoms with Crippen LogP contribution in [0, 0.1) is 0 Å². The van der Waals surface area contributed by atoms with Gasteiger partial charge in [0.15, 0.2) is 4.21 Å². The van der Waals surface area contributed by atoms with E-state index in [-0.39, 0.29) is 15.3 Å². The first kappa shape index (κ1) is 12.7. The van der Waals surface area contributed by atoms with Gasteiger partial charge in [-0.3, -0.25) is 0 Å². The van der Waals surface area contributed by atoms with Crippen molar-refractivity contribution in [2.45, 2.75) is 4.21 Å². The lowest BCUT2D eigenvalue weighted by Crippen LogP contribution is -2.14. The second-order valence-corrected chi connectivity index (χ2v) is 6.90. The molecule has 2 rings (SSSR count). The molecule has 0 aliphatic heterocycles. The predicted octanol–water partition coefficient (Wildman–Crippen LogP) is 2.75. The fraction of sp³-hybridized carbons (Fsp3) is 0. The SMILES string of the molecule is O=S(=O)(Nc1nccc(Cl)n1)c1sccc1Br. The number of sulfonamides is 1. The van der Waals surface area contributed by atoms with Gasteiger partial charge in [0.1, 0.15) is 5.15 Å². The van der Waals surface area contributed by atoms with Crippen molar-refractivity contribution >= 4 is 54.8 Å². The van der Waals surface area contributed by atoms with Crippen molar-refractivity contribution in [2.75, 3.05) is 4.72 Å². The monoisotopic (exact) mass is 353 g/mol. The zero-order chi connectivity index (χ0) is 12.5. The number of halogens is 2. The number of thiophene rings is 1. The smallest absolute Gasteiger partial charge is 0.246 e. The summed E-state index contributed by atoms with van der Waals surface area (Å²) < 4.78 is 26.8. The first-order chi connectivity index (χ1) is 7.99. The highest BCUT2D eigenvalue weighted by molar-refractivity contribution is 9.10. The van der Waals surface area contributed by atoms with Crippen molar-refractivity contribution < 1.29 is 8.42 Å². The van der Waals surface area contributed by atoms with Gasteiger partial charge >= 0.3 is 0 Å². The number of anilines is 1. The van der Waals surface area contributed by atoms with Gasteiger partial charge in [-0.2, -0.15) is 0 Å². The minimum atomic E-state index is -3.68. The third-order valence-electron chi connectivity index (χ3n) is 1.68. The molecule has 1 N–H and O–H groups in total. The maximum absolute atomic E-state index is 11.9. The van der Waals surface area contributed by atoms with E-state index in [0.717, 1.165) is 11.3 Å². The molecule has 0 saturated carbocycles. The molecule has 2 heterocycles. The maximum Gasteiger partial charge on any atom is 0.274 e. The molecule has 0 fully saturated rings. The molecule has 0 spiro atoms. The lowest BCUT2D eigenvalue weighted by atomic mass is 10.7. The van der Waals surface area contributed by atoms with Crippen LogP contribution in [-0.4, -0.2) is 18.4 Å². The Labute approximate surface area is 115 Å². The third-order valence-corrected chi connectivity index (χ3v) is 5.88. The topological polar surface area (TPSA) is 72.0 Å². The van der Waals surface area contributed by atoms with Gasteiger partial charge in [-0.25, -0.2) is 23.1 Å². The number of nitrogens with one attached hydrogen (secondary N) is 1. The maximum atomic E-state index is 11.9. The highest BCUT2D eigenvalue weighted by atomic mass is 79.9. The van der Waals surface area contributed by atoms with Gasteiger partial charge in [0.25, 0.3) is 10.0 Å². The van der Waals surface area contributed by atoms with Gasteiger partial charge in [0, 0.05) is 10.7 Å². The van der Waals surface area contributed by atoms with E-state index in [0.29, 0.717) is 4.47 Å². The number of nitrogens with zero attached hydrogens (tertiary/aromatic N) is 2. The van der Waals surface area contributed by atoms with E-state index in [4.69, 9.17) is 11.6 Å². The van der Waals surface area contributed by atoms with E-state index < -0.39 is 10.0 Å². The van der Waals surface area contributed by atoms with Crippen LogP contribution in [0.3, 0.4) is 0 Å². The average Bonchev–Trinajstić information content (AvgIpc) is 2.64. The molecule has 2 aromatic heterocycles. The fourth-order valence-corrected chi connectivity index (χ4v) is 4.45. The molecule has 0 saturated heterocycles. The number of hydrogen-bond acceptors (Lipinski definition) is 5. The van der Waals surface area contributed by atoms with Crippen LogP contribution in [-0.2, 0) is 10.0 Å². The quantitative estimate of drug-likeness (QED) is 0.860. The summed E-state index contributed by atoms with van der Waals surface area (Å²) in [6.45, 7) is 0. The van der Waals surface area contributed by atoms with Gasteiger partial charge in [-0.1, -0.05) is 11.6 Å². The molecule has 2 aromatic rings. The molecule has 0 radical (unpaired) electrons. The minimum absolute atomic E-state index is 0.0576. The van der Waals surface area contributed by atoms with Gasteiger partial charge in [-0.05, 0) is 33.4 Å². The van der Waals surface area contributed by atoms with Crippen LogP contribution >= 0.6 is 38.9 Å². The van der Waals surface area contributed by atoms with Crippen molar-refractivity contribution in [1.82, 2.24) is 9.97 Å². The standard InChI is InChI=1S/C8H5BrClN3O2S2/c9-5-2-4-16-7(5)17(14,15)13-8-11-3-1-6(10)12-8/h1-4H,(H,11,12,13).